The fraction of sp³-hybridized carbons (Fsp3) is 1.00. The molecule has 0 amide bonds. The Balaban J connectivity index is 4.30. The van der Waals surface area contributed by atoms with E-state index in [1.807, 2.05) is 0 Å². The van der Waals surface area contributed by atoms with Crippen LogP contribution in [-0.4, -0.2) is 27.7 Å². The zero-order valence-corrected chi connectivity index (χ0v) is 7.25. The predicted molar refractivity (Wildman–Crippen MR) is 36.6 cm³/mol. The molecule has 0 aromatic heterocycles. The zero-order valence-electron chi connectivity index (χ0n) is 6.44. The molecule has 12 heavy (non-hydrogen) atoms. The van der Waals surface area contributed by atoms with Gasteiger partial charge < -0.3 is 0 Å². The van der Waals surface area contributed by atoms with Gasteiger partial charge in [0.15, 0.2) is 0 Å². The van der Waals surface area contributed by atoms with Gasteiger partial charge in [0.1, 0.15) is 6.04 Å². The van der Waals surface area contributed by atoms with E-state index in [0.717, 1.165) is 14.0 Å². The number of nitrogens with one attached hydrogen (secondary N) is 2. The van der Waals surface area contributed by atoms with Crippen LogP contribution in [0.2, 0.25) is 0 Å². The van der Waals surface area contributed by atoms with Gasteiger partial charge in [-0.3, -0.25) is 0 Å². The lowest BCUT2D eigenvalue weighted by Gasteiger charge is -2.16. The Morgan fingerprint density at radius 3 is 2.00 bits per heavy atom. The van der Waals surface area contributed by atoms with E-state index in [2.05, 4.69) is 0 Å². The van der Waals surface area contributed by atoms with Gasteiger partial charge in [-0.1, -0.05) is 0 Å². The summed E-state index contributed by atoms with van der Waals surface area (Å²) < 4.78 is 59.4. The average Bonchev–Trinajstić information content (AvgIpc) is 1.85. The number of halogens is 3. The third kappa shape index (κ3) is 3.88. The lowest BCUT2D eigenvalue weighted by Crippen LogP contribution is -2.46. The number of rotatable bonds is 3. The molecule has 0 aromatic carbocycles. The first-order chi connectivity index (χ1) is 5.19. The molecule has 0 fully saturated rings. The molecule has 0 radical (unpaired) electrons. The van der Waals surface area contributed by atoms with Crippen molar-refractivity contribution in [2.75, 3.05) is 7.05 Å². The lowest BCUT2D eigenvalue weighted by atomic mass is 10.4. The van der Waals surface area contributed by atoms with Gasteiger partial charge >= 0.3 is 6.18 Å². The van der Waals surface area contributed by atoms with Gasteiger partial charge in [-0.15, -0.1) is 0 Å². The largest absolute Gasteiger partial charge is 0.404 e. The molecule has 0 bridgehead atoms. The molecule has 74 valence electrons. The van der Waals surface area contributed by atoms with Gasteiger partial charge in [-0.25, -0.2) is 4.72 Å². The summed E-state index contributed by atoms with van der Waals surface area (Å²) in [5.41, 5.74) is 0. The van der Waals surface area contributed by atoms with Crippen molar-refractivity contribution in [2.45, 2.75) is 19.1 Å². The predicted octanol–water partition coefficient (Wildman–Crippen LogP) is -0.00900. The monoisotopic (exact) mass is 206 g/mol. The van der Waals surface area contributed by atoms with Crippen molar-refractivity contribution in [1.82, 2.24) is 9.44 Å². The minimum Gasteiger partial charge on any atom is -0.205 e. The highest BCUT2D eigenvalue weighted by Gasteiger charge is 2.38. The van der Waals surface area contributed by atoms with Crippen LogP contribution < -0.4 is 9.44 Å². The Morgan fingerprint density at radius 2 is 1.75 bits per heavy atom. The molecule has 0 spiro atoms. The van der Waals surface area contributed by atoms with Crippen LogP contribution in [-0.2, 0) is 10.2 Å². The molecule has 0 heterocycles. The Hall–Kier alpha value is -0.340. The summed E-state index contributed by atoms with van der Waals surface area (Å²) in [7, 11) is -3.00. The molecular weight excluding hydrogens is 197 g/mol. The Bertz CT molecular complexity index is 235. The highest BCUT2D eigenvalue weighted by molar-refractivity contribution is 7.87. The fourth-order valence-electron chi connectivity index (χ4n) is 0.358. The first kappa shape index (κ1) is 11.7. The number of alkyl halides is 3. The summed E-state index contributed by atoms with van der Waals surface area (Å²) in [6.45, 7) is 0.717. The fourth-order valence-corrected chi connectivity index (χ4v) is 1.08. The van der Waals surface area contributed by atoms with E-state index in [0.29, 0.717) is 0 Å². The number of hydrogen-bond acceptors (Lipinski definition) is 2. The third-order valence-electron chi connectivity index (χ3n) is 1.09. The van der Waals surface area contributed by atoms with E-state index in [1.54, 1.807) is 4.72 Å². The van der Waals surface area contributed by atoms with Gasteiger partial charge in [0.25, 0.3) is 10.2 Å². The summed E-state index contributed by atoms with van der Waals surface area (Å²) in [5, 5.41) is 0. The van der Waals surface area contributed by atoms with Crippen LogP contribution in [0.15, 0.2) is 0 Å². The lowest BCUT2D eigenvalue weighted by molar-refractivity contribution is -0.147. The molecule has 1 atom stereocenters. The summed E-state index contributed by atoms with van der Waals surface area (Å²) in [4.78, 5) is 0. The minimum absolute atomic E-state index is 0.717. The molecular formula is C4H9F3N2O2S. The smallest absolute Gasteiger partial charge is 0.205 e. The SMILES string of the molecule is CNS(=O)(=O)N[C@H](C)C(F)(F)F. The van der Waals surface area contributed by atoms with Crippen molar-refractivity contribution in [1.29, 1.82) is 0 Å². The average molecular weight is 206 g/mol. The third-order valence-corrected chi connectivity index (χ3v) is 2.29. The van der Waals surface area contributed by atoms with E-state index in [4.69, 9.17) is 0 Å². The first-order valence-corrected chi connectivity index (χ1v) is 4.45. The van der Waals surface area contributed by atoms with Crippen molar-refractivity contribution >= 4 is 10.2 Å². The molecule has 0 aliphatic rings. The van der Waals surface area contributed by atoms with Gasteiger partial charge in [0, 0.05) is 7.05 Å². The topological polar surface area (TPSA) is 58.2 Å². The van der Waals surface area contributed by atoms with Crippen molar-refractivity contribution in [2.24, 2.45) is 0 Å². The van der Waals surface area contributed by atoms with Crippen LogP contribution >= 0.6 is 0 Å². The summed E-state index contributed by atoms with van der Waals surface area (Å²) in [6, 6.07) is -2.09. The maximum Gasteiger partial charge on any atom is 0.404 e. The molecule has 0 rings (SSSR count). The van der Waals surface area contributed by atoms with Crippen molar-refractivity contribution in [3.05, 3.63) is 0 Å². The maximum atomic E-state index is 11.8. The molecule has 8 heteroatoms. The Kier molecular flexibility index (Phi) is 3.48. The molecule has 0 saturated carbocycles. The second-order valence-corrected chi connectivity index (χ2v) is 3.74. The second-order valence-electron chi connectivity index (χ2n) is 2.09. The van der Waals surface area contributed by atoms with Crippen LogP contribution in [0.4, 0.5) is 13.2 Å². The molecule has 0 saturated heterocycles. The Morgan fingerprint density at radius 1 is 1.33 bits per heavy atom. The highest BCUT2D eigenvalue weighted by atomic mass is 32.2. The quantitative estimate of drug-likeness (QED) is 0.682. The van der Waals surface area contributed by atoms with E-state index >= 15 is 0 Å². The van der Waals surface area contributed by atoms with E-state index < -0.39 is 22.4 Å². The van der Waals surface area contributed by atoms with Gasteiger partial charge in [-0.2, -0.15) is 26.3 Å². The molecule has 0 aliphatic carbocycles. The normalized spacial score (nSPS) is 16.1. The van der Waals surface area contributed by atoms with E-state index in [-0.39, 0.29) is 0 Å². The summed E-state index contributed by atoms with van der Waals surface area (Å²) >= 11 is 0. The molecule has 0 aliphatic heterocycles. The second kappa shape index (κ2) is 3.58. The van der Waals surface area contributed by atoms with Crippen LogP contribution in [0.25, 0.3) is 0 Å². The van der Waals surface area contributed by atoms with Crippen molar-refractivity contribution < 1.29 is 21.6 Å². The first-order valence-electron chi connectivity index (χ1n) is 2.96. The van der Waals surface area contributed by atoms with E-state index in [9.17, 15) is 21.6 Å². The van der Waals surface area contributed by atoms with Gasteiger partial charge in [0.2, 0.25) is 0 Å². The molecule has 0 aromatic rings. The van der Waals surface area contributed by atoms with Crippen LogP contribution in [0.3, 0.4) is 0 Å². The maximum absolute atomic E-state index is 11.8. The van der Waals surface area contributed by atoms with Gasteiger partial charge in [0.05, 0.1) is 0 Å². The highest BCUT2D eigenvalue weighted by Crippen LogP contribution is 2.19. The minimum atomic E-state index is -4.57. The van der Waals surface area contributed by atoms with Crippen LogP contribution in [0.5, 0.6) is 0 Å². The molecule has 4 nitrogen and oxygen atoms in total. The van der Waals surface area contributed by atoms with Crippen molar-refractivity contribution in [3.8, 4) is 0 Å². The van der Waals surface area contributed by atoms with Gasteiger partial charge in [-0.05, 0) is 6.92 Å². The summed E-state index contributed by atoms with van der Waals surface area (Å²) in [6.07, 6.45) is -4.57. The van der Waals surface area contributed by atoms with Crippen LogP contribution in [0.1, 0.15) is 6.92 Å². The van der Waals surface area contributed by atoms with E-state index in [1.165, 1.54) is 4.72 Å². The molecule has 2 N–H and O–H groups in total. The van der Waals surface area contributed by atoms with Crippen molar-refractivity contribution in [3.63, 3.8) is 0 Å². The Labute approximate surface area is 68.3 Å². The summed E-state index contributed by atoms with van der Waals surface area (Å²) in [5.74, 6) is 0. The standard InChI is InChI=1S/C4H9F3N2O2S/c1-3(4(5,6)7)9-12(10,11)8-2/h3,8-9H,1-2H3/t3-/m1/s1. The zero-order chi connectivity index (χ0) is 9.99. The molecule has 0 unspecified atom stereocenters. The van der Waals surface area contributed by atoms with Crippen LogP contribution in [0, 0.1) is 0 Å². The number of hydrogen-bond donors (Lipinski definition) is 2.